The van der Waals surface area contributed by atoms with Gasteiger partial charge in [-0.05, 0) is 91.5 Å². The van der Waals surface area contributed by atoms with Crippen molar-refractivity contribution in [1.82, 2.24) is 15.2 Å². The topological polar surface area (TPSA) is 49.4 Å². The van der Waals surface area contributed by atoms with Crippen molar-refractivity contribution in [2.45, 2.75) is 50.6 Å². The van der Waals surface area contributed by atoms with Crippen molar-refractivity contribution in [2.75, 3.05) is 25.5 Å². The molecule has 0 spiro atoms. The van der Waals surface area contributed by atoms with Crippen molar-refractivity contribution < 1.29 is 31.1 Å². The van der Waals surface area contributed by atoms with Gasteiger partial charge in [-0.1, -0.05) is 13.3 Å². The highest BCUT2D eigenvalue weighted by atomic mass is 32.1. The number of methoxy groups -OCH3 is 1. The Balaban J connectivity index is 1.51. The van der Waals surface area contributed by atoms with Crippen molar-refractivity contribution in [1.29, 1.82) is 0 Å². The fourth-order valence-electron chi connectivity index (χ4n) is 6.25. The molecule has 2 N–H and O–H groups in total. The number of alkyl halides is 6. The summed E-state index contributed by atoms with van der Waals surface area (Å²) in [5, 5.41) is 6.61. The second-order valence-corrected chi connectivity index (χ2v) is 11.1. The molecule has 3 aromatic rings. The standard InChI is InChI=1S/C29H30F6N4OS/c1-3-16-15-39-9-7-17(16)10-25(39)26(22-6-8-36-24-5-4-21(40-2)14-23(22)24)38-27(41)37-20-12-18(28(30,31)32)11-19(13-20)29(33,34)35/h4-6,8,11-14,16-17,25-26H,3,7,9-10,15H2,1-2H3,(H2,37,38,41)/t16-,17?,25-,26-/m0/s1. The first-order valence-electron chi connectivity index (χ1n) is 13.4. The average molecular weight is 597 g/mol. The van der Waals surface area contributed by atoms with Gasteiger partial charge in [0, 0.05) is 29.9 Å². The normalized spacial score (nSPS) is 23.3. The van der Waals surface area contributed by atoms with Crippen LogP contribution < -0.4 is 15.4 Å². The maximum Gasteiger partial charge on any atom is 0.416 e. The van der Waals surface area contributed by atoms with Gasteiger partial charge >= 0.3 is 12.4 Å². The van der Waals surface area contributed by atoms with Crippen LogP contribution in [0, 0.1) is 11.8 Å². The smallest absolute Gasteiger partial charge is 0.416 e. The number of aromatic nitrogens is 1. The van der Waals surface area contributed by atoms with Gasteiger partial charge in [0.15, 0.2) is 5.11 Å². The van der Waals surface area contributed by atoms with Gasteiger partial charge in [-0.25, -0.2) is 0 Å². The highest BCUT2D eigenvalue weighted by molar-refractivity contribution is 7.80. The zero-order valence-corrected chi connectivity index (χ0v) is 23.3. The van der Waals surface area contributed by atoms with Crippen molar-refractivity contribution in [3.8, 4) is 5.75 Å². The number of piperidine rings is 3. The maximum atomic E-state index is 13.4. The first kappa shape index (κ1) is 29.4. The van der Waals surface area contributed by atoms with Gasteiger partial charge < -0.3 is 15.4 Å². The van der Waals surface area contributed by atoms with Crippen LogP contribution >= 0.6 is 12.2 Å². The van der Waals surface area contributed by atoms with Crippen molar-refractivity contribution in [3.05, 3.63) is 65.4 Å². The minimum absolute atomic E-state index is 0.000321. The van der Waals surface area contributed by atoms with Crippen LogP contribution in [0.1, 0.15) is 48.9 Å². The van der Waals surface area contributed by atoms with Gasteiger partial charge in [0.1, 0.15) is 5.75 Å². The molecule has 1 aromatic heterocycles. The molecule has 41 heavy (non-hydrogen) atoms. The minimum atomic E-state index is -4.96. The van der Waals surface area contributed by atoms with E-state index in [4.69, 9.17) is 17.0 Å². The highest BCUT2D eigenvalue weighted by Gasteiger charge is 2.43. The molecule has 2 bridgehead atoms. The third-order valence-electron chi connectivity index (χ3n) is 8.29. The maximum absolute atomic E-state index is 13.4. The fourth-order valence-corrected chi connectivity index (χ4v) is 6.50. The molecular formula is C29H30F6N4OS. The molecule has 12 heteroatoms. The molecular weight excluding hydrogens is 566 g/mol. The number of fused-ring (bicyclic) bond motifs is 4. The van der Waals surface area contributed by atoms with Crippen molar-refractivity contribution in [2.24, 2.45) is 11.8 Å². The molecule has 0 aliphatic carbocycles. The summed E-state index contributed by atoms with van der Waals surface area (Å²) < 4.78 is 86.1. The van der Waals surface area contributed by atoms with E-state index >= 15 is 0 Å². The molecule has 5 atom stereocenters. The van der Waals surface area contributed by atoms with Crippen LogP contribution in [0.15, 0.2) is 48.7 Å². The molecule has 3 aliphatic heterocycles. The van der Waals surface area contributed by atoms with E-state index in [1.54, 1.807) is 19.4 Å². The number of hydrogen-bond donors (Lipinski definition) is 2. The van der Waals surface area contributed by atoms with Crippen LogP contribution in [-0.4, -0.2) is 41.2 Å². The fraction of sp³-hybridized carbons (Fsp3) is 0.448. The summed E-state index contributed by atoms with van der Waals surface area (Å²) in [6, 6.07) is 8.32. The van der Waals surface area contributed by atoms with E-state index in [1.165, 1.54) is 0 Å². The van der Waals surface area contributed by atoms with Gasteiger partial charge in [0.05, 0.1) is 29.8 Å². The van der Waals surface area contributed by atoms with Crippen LogP contribution in [0.4, 0.5) is 32.0 Å². The Labute approximate surface area is 239 Å². The largest absolute Gasteiger partial charge is 0.497 e. The summed E-state index contributed by atoms with van der Waals surface area (Å²) in [6.45, 7) is 4.00. The first-order chi connectivity index (χ1) is 19.4. The Morgan fingerprint density at radius 3 is 2.37 bits per heavy atom. The van der Waals surface area contributed by atoms with E-state index in [2.05, 4.69) is 27.4 Å². The molecule has 3 saturated heterocycles. The number of halogens is 6. The van der Waals surface area contributed by atoms with Crippen LogP contribution in [0.3, 0.4) is 0 Å². The lowest BCUT2D eigenvalue weighted by atomic mass is 9.72. The lowest BCUT2D eigenvalue weighted by molar-refractivity contribution is -0.143. The number of nitrogens with zero attached hydrogens (tertiary/aromatic N) is 2. The minimum Gasteiger partial charge on any atom is -0.497 e. The number of hydrogen-bond acceptors (Lipinski definition) is 4. The van der Waals surface area contributed by atoms with E-state index in [0.717, 1.165) is 48.8 Å². The van der Waals surface area contributed by atoms with Crippen molar-refractivity contribution in [3.63, 3.8) is 0 Å². The summed E-state index contributed by atoms with van der Waals surface area (Å²) >= 11 is 5.51. The number of nitrogens with one attached hydrogen (secondary N) is 2. The third-order valence-corrected chi connectivity index (χ3v) is 8.51. The molecule has 5 nitrogen and oxygen atoms in total. The number of rotatable bonds is 6. The number of anilines is 1. The van der Waals surface area contributed by atoms with Gasteiger partial charge in [0.25, 0.3) is 0 Å². The van der Waals surface area contributed by atoms with Crippen LogP contribution in [-0.2, 0) is 12.4 Å². The predicted molar refractivity (Wildman–Crippen MR) is 149 cm³/mol. The SMILES string of the molecule is CC[C@H]1CN2CCC1C[C@H]2[C@@H](NC(=S)Nc1cc(C(F)(F)F)cc(C(F)(F)F)c1)c1ccnc2ccc(OC)cc12. The molecule has 2 unspecified atom stereocenters. The van der Waals surface area contributed by atoms with E-state index in [0.29, 0.717) is 29.7 Å². The molecule has 2 aromatic carbocycles. The van der Waals surface area contributed by atoms with Gasteiger partial charge in [-0.2, -0.15) is 26.3 Å². The molecule has 3 fully saturated rings. The zero-order chi connectivity index (χ0) is 29.5. The quantitative estimate of drug-likeness (QED) is 0.228. The van der Waals surface area contributed by atoms with Crippen LogP contribution in [0.5, 0.6) is 5.75 Å². The summed E-state index contributed by atoms with van der Waals surface area (Å²) in [5.74, 6) is 1.72. The zero-order valence-electron chi connectivity index (χ0n) is 22.4. The van der Waals surface area contributed by atoms with E-state index in [1.807, 2.05) is 18.2 Å². The van der Waals surface area contributed by atoms with Gasteiger partial charge in [-0.3, -0.25) is 9.88 Å². The Morgan fingerprint density at radius 1 is 1.07 bits per heavy atom. The average Bonchev–Trinajstić information content (AvgIpc) is 2.94. The first-order valence-corrected chi connectivity index (χ1v) is 13.8. The van der Waals surface area contributed by atoms with Crippen LogP contribution in [0.25, 0.3) is 10.9 Å². The van der Waals surface area contributed by atoms with Crippen molar-refractivity contribution >= 4 is 33.9 Å². The summed E-state index contributed by atoms with van der Waals surface area (Å²) in [6.07, 6.45) is -5.21. The monoisotopic (exact) mass is 596 g/mol. The van der Waals surface area contributed by atoms with Gasteiger partial charge in [-0.15, -0.1) is 0 Å². The van der Waals surface area contributed by atoms with Gasteiger partial charge in [0.2, 0.25) is 0 Å². The van der Waals surface area contributed by atoms with E-state index < -0.39 is 35.2 Å². The number of ether oxygens (including phenoxy) is 1. The summed E-state index contributed by atoms with van der Waals surface area (Å²) in [5.41, 5.74) is -1.64. The second-order valence-electron chi connectivity index (χ2n) is 10.7. The Hall–Kier alpha value is -3.12. The van der Waals surface area contributed by atoms with Crippen LogP contribution in [0.2, 0.25) is 0 Å². The predicted octanol–water partition coefficient (Wildman–Crippen LogP) is 7.43. The molecule has 0 radical (unpaired) electrons. The summed E-state index contributed by atoms with van der Waals surface area (Å²) in [4.78, 5) is 6.88. The number of benzene rings is 2. The highest BCUT2D eigenvalue weighted by Crippen LogP contribution is 2.43. The Bertz CT molecular complexity index is 1400. The van der Waals surface area contributed by atoms with E-state index in [9.17, 15) is 26.3 Å². The number of thiocarbonyl (C=S) groups is 1. The molecule has 3 aliphatic rings. The lowest BCUT2D eigenvalue weighted by Crippen LogP contribution is -2.58. The molecule has 220 valence electrons. The van der Waals surface area contributed by atoms with E-state index in [-0.39, 0.29) is 17.2 Å². The Morgan fingerprint density at radius 2 is 1.78 bits per heavy atom. The molecule has 0 saturated carbocycles. The summed E-state index contributed by atoms with van der Waals surface area (Å²) in [7, 11) is 1.56. The lowest BCUT2D eigenvalue weighted by Gasteiger charge is -2.52. The second kappa shape index (κ2) is 11.3. The molecule has 0 amide bonds. The molecule has 4 heterocycles. The third kappa shape index (κ3) is 6.23. The molecule has 6 rings (SSSR count). The number of pyridine rings is 1. The Kier molecular flexibility index (Phi) is 8.08.